The number of nitrogens with zero attached hydrogens (tertiary/aromatic N) is 3. The molecule has 1 amide bonds. The van der Waals surface area contributed by atoms with Crippen LogP contribution < -0.4 is 5.32 Å². The van der Waals surface area contributed by atoms with Crippen LogP contribution in [0.15, 0.2) is 53.1 Å². The van der Waals surface area contributed by atoms with E-state index in [0.29, 0.717) is 32.7 Å². The molecule has 2 heterocycles. The first-order chi connectivity index (χ1) is 13.5. The first-order valence-electron chi connectivity index (χ1n) is 8.46. The van der Waals surface area contributed by atoms with Crippen LogP contribution in [0.2, 0.25) is 5.02 Å². The second-order valence-corrected chi connectivity index (χ2v) is 7.51. The highest BCUT2D eigenvalue weighted by Gasteiger charge is 2.24. The molecule has 2 aromatic heterocycles. The quantitative estimate of drug-likeness (QED) is 0.488. The Kier molecular flexibility index (Phi) is 4.93. The van der Waals surface area contributed by atoms with Gasteiger partial charge in [-0.1, -0.05) is 70.6 Å². The van der Waals surface area contributed by atoms with Crippen LogP contribution in [-0.2, 0) is 0 Å². The second-order valence-electron chi connectivity index (χ2n) is 6.12. The van der Waals surface area contributed by atoms with E-state index in [1.807, 2.05) is 43.3 Å². The minimum atomic E-state index is -0.374. The highest BCUT2D eigenvalue weighted by atomic mass is 35.5. The number of anilines is 1. The molecule has 0 unspecified atom stereocenters. The molecule has 8 heteroatoms. The van der Waals surface area contributed by atoms with Gasteiger partial charge in [0.1, 0.15) is 22.0 Å². The van der Waals surface area contributed by atoms with Gasteiger partial charge in [0.05, 0.1) is 5.02 Å². The van der Waals surface area contributed by atoms with Gasteiger partial charge in [-0.25, -0.2) is 0 Å². The number of carbonyl (C=O) groups is 1. The number of nitrogens with one attached hydrogen (secondary N) is 1. The van der Waals surface area contributed by atoms with Crippen LogP contribution in [0, 0.1) is 13.8 Å². The first-order valence-corrected chi connectivity index (χ1v) is 9.66. The van der Waals surface area contributed by atoms with Crippen LogP contribution in [-0.4, -0.2) is 21.3 Å². The third kappa shape index (κ3) is 3.42. The van der Waals surface area contributed by atoms with Gasteiger partial charge in [0.15, 0.2) is 0 Å². The molecule has 0 aliphatic heterocycles. The number of halogens is 1. The maximum absolute atomic E-state index is 12.9. The fraction of sp³-hybridized carbons (Fsp3) is 0.100. The van der Waals surface area contributed by atoms with Gasteiger partial charge in [0.25, 0.3) is 5.91 Å². The van der Waals surface area contributed by atoms with Gasteiger partial charge in [-0.3, -0.25) is 10.1 Å². The molecule has 0 fully saturated rings. The summed E-state index contributed by atoms with van der Waals surface area (Å²) in [5.41, 5.74) is 3.42. The maximum Gasteiger partial charge on any atom is 0.263 e. The molecule has 1 N–H and O–H groups in total. The number of benzene rings is 2. The lowest BCUT2D eigenvalue weighted by atomic mass is 10.1. The van der Waals surface area contributed by atoms with E-state index in [2.05, 4.69) is 20.7 Å². The Labute approximate surface area is 170 Å². The van der Waals surface area contributed by atoms with Crippen molar-refractivity contribution in [2.24, 2.45) is 0 Å². The minimum Gasteiger partial charge on any atom is -0.360 e. The molecule has 0 radical (unpaired) electrons. The van der Waals surface area contributed by atoms with Gasteiger partial charge in [0, 0.05) is 11.1 Å². The topological polar surface area (TPSA) is 80.9 Å². The number of carbonyl (C=O) groups excluding carboxylic acids is 1. The summed E-state index contributed by atoms with van der Waals surface area (Å²) < 4.78 is 5.25. The fourth-order valence-corrected chi connectivity index (χ4v) is 3.89. The molecule has 0 saturated carbocycles. The van der Waals surface area contributed by atoms with E-state index in [9.17, 15) is 4.79 Å². The normalized spacial score (nSPS) is 10.8. The number of amides is 1. The van der Waals surface area contributed by atoms with E-state index < -0.39 is 0 Å². The Morgan fingerprint density at radius 3 is 2.50 bits per heavy atom. The standard InChI is InChI=1S/C20H15ClN4O2S/c1-11-7-3-4-8-13(11)19-23-24-20(28-19)22-18(26)16-12(2)27-25-17(16)14-9-5-6-10-15(14)21/h3-10H,1-2H3,(H,22,24,26). The summed E-state index contributed by atoms with van der Waals surface area (Å²) in [4.78, 5) is 12.9. The van der Waals surface area contributed by atoms with Crippen LogP contribution in [0.3, 0.4) is 0 Å². The first kappa shape index (κ1) is 18.3. The molecular weight excluding hydrogens is 396 g/mol. The molecule has 2 aromatic carbocycles. The van der Waals surface area contributed by atoms with Crippen molar-refractivity contribution in [2.75, 3.05) is 5.32 Å². The number of aromatic nitrogens is 3. The molecule has 0 atom stereocenters. The van der Waals surface area contributed by atoms with Gasteiger partial charge < -0.3 is 4.52 Å². The van der Waals surface area contributed by atoms with Crippen LogP contribution in [0.1, 0.15) is 21.7 Å². The molecule has 6 nitrogen and oxygen atoms in total. The Morgan fingerprint density at radius 1 is 1.04 bits per heavy atom. The molecule has 0 spiro atoms. The molecule has 4 rings (SSSR count). The average Bonchev–Trinajstić information content (AvgIpc) is 3.29. The summed E-state index contributed by atoms with van der Waals surface area (Å²) in [7, 11) is 0. The van der Waals surface area contributed by atoms with Crippen molar-refractivity contribution in [2.45, 2.75) is 13.8 Å². The van der Waals surface area contributed by atoms with E-state index in [4.69, 9.17) is 16.1 Å². The highest BCUT2D eigenvalue weighted by Crippen LogP contribution is 2.33. The van der Waals surface area contributed by atoms with Crippen molar-refractivity contribution in [3.63, 3.8) is 0 Å². The van der Waals surface area contributed by atoms with Crippen LogP contribution in [0.4, 0.5) is 5.13 Å². The zero-order valence-electron chi connectivity index (χ0n) is 15.1. The van der Waals surface area contributed by atoms with E-state index in [0.717, 1.165) is 16.1 Å². The lowest BCUT2D eigenvalue weighted by Gasteiger charge is -2.04. The number of hydrogen-bond donors (Lipinski definition) is 1. The van der Waals surface area contributed by atoms with Crippen LogP contribution >= 0.6 is 22.9 Å². The van der Waals surface area contributed by atoms with Gasteiger partial charge in [0.2, 0.25) is 5.13 Å². The largest absolute Gasteiger partial charge is 0.360 e. The Balaban J connectivity index is 1.63. The van der Waals surface area contributed by atoms with Crippen molar-refractivity contribution in [1.29, 1.82) is 0 Å². The lowest BCUT2D eigenvalue weighted by molar-refractivity contribution is 0.102. The summed E-state index contributed by atoms with van der Waals surface area (Å²) in [6.45, 7) is 3.69. The summed E-state index contributed by atoms with van der Waals surface area (Å²) in [6.07, 6.45) is 0. The molecule has 0 saturated heterocycles. The molecule has 0 bridgehead atoms. The summed E-state index contributed by atoms with van der Waals surface area (Å²) >= 11 is 7.56. The van der Waals surface area contributed by atoms with Gasteiger partial charge >= 0.3 is 0 Å². The second kappa shape index (κ2) is 7.53. The molecular formula is C20H15ClN4O2S. The number of hydrogen-bond acceptors (Lipinski definition) is 6. The van der Waals surface area contributed by atoms with Gasteiger partial charge in [-0.05, 0) is 25.5 Å². The van der Waals surface area contributed by atoms with Crippen molar-refractivity contribution in [1.82, 2.24) is 15.4 Å². The maximum atomic E-state index is 12.9. The van der Waals surface area contributed by atoms with Crippen molar-refractivity contribution < 1.29 is 9.32 Å². The Bertz CT molecular complexity index is 1170. The lowest BCUT2D eigenvalue weighted by Crippen LogP contribution is -2.13. The van der Waals surface area contributed by atoms with Gasteiger partial charge in [-0.2, -0.15) is 0 Å². The Morgan fingerprint density at radius 2 is 1.75 bits per heavy atom. The fourth-order valence-electron chi connectivity index (χ4n) is 2.83. The summed E-state index contributed by atoms with van der Waals surface area (Å²) in [5.74, 6) is 0.0252. The molecule has 140 valence electrons. The number of rotatable bonds is 4. The van der Waals surface area contributed by atoms with E-state index in [1.54, 1.807) is 19.1 Å². The molecule has 4 aromatic rings. The summed E-state index contributed by atoms with van der Waals surface area (Å²) in [5, 5.41) is 16.7. The van der Waals surface area contributed by atoms with Crippen molar-refractivity contribution in [3.05, 3.63) is 70.4 Å². The zero-order chi connectivity index (χ0) is 19.7. The Hall–Kier alpha value is -3.03. The zero-order valence-corrected chi connectivity index (χ0v) is 16.6. The molecule has 28 heavy (non-hydrogen) atoms. The van der Waals surface area contributed by atoms with Crippen LogP contribution in [0.5, 0.6) is 0 Å². The molecule has 0 aliphatic rings. The minimum absolute atomic E-state index is 0.320. The summed E-state index contributed by atoms with van der Waals surface area (Å²) in [6, 6.07) is 15.1. The van der Waals surface area contributed by atoms with E-state index in [-0.39, 0.29) is 5.91 Å². The van der Waals surface area contributed by atoms with E-state index >= 15 is 0 Å². The smallest absolute Gasteiger partial charge is 0.263 e. The SMILES string of the molecule is Cc1ccccc1-c1nnc(NC(=O)c2c(-c3ccccc3Cl)noc2C)s1. The predicted molar refractivity (Wildman–Crippen MR) is 110 cm³/mol. The van der Waals surface area contributed by atoms with Crippen LogP contribution in [0.25, 0.3) is 21.8 Å². The average molecular weight is 411 g/mol. The van der Waals surface area contributed by atoms with Crippen molar-refractivity contribution in [3.8, 4) is 21.8 Å². The third-order valence-electron chi connectivity index (χ3n) is 4.24. The monoisotopic (exact) mass is 410 g/mol. The van der Waals surface area contributed by atoms with Gasteiger partial charge in [-0.15, -0.1) is 10.2 Å². The van der Waals surface area contributed by atoms with Crippen molar-refractivity contribution >= 4 is 34.0 Å². The van der Waals surface area contributed by atoms with E-state index in [1.165, 1.54) is 11.3 Å². The molecule has 0 aliphatic carbocycles. The number of aryl methyl sites for hydroxylation is 2. The highest BCUT2D eigenvalue weighted by molar-refractivity contribution is 7.18. The third-order valence-corrected chi connectivity index (χ3v) is 5.44. The predicted octanol–water partition coefficient (Wildman–Crippen LogP) is 5.38.